The lowest BCUT2D eigenvalue weighted by Gasteiger charge is -2.28. The van der Waals surface area contributed by atoms with Gasteiger partial charge in [-0.15, -0.1) is 11.3 Å². The molecular weight excluding hydrogens is 522 g/mol. The van der Waals surface area contributed by atoms with E-state index in [9.17, 15) is 24.0 Å². The van der Waals surface area contributed by atoms with Gasteiger partial charge < -0.3 is 25.8 Å². The van der Waals surface area contributed by atoms with Crippen molar-refractivity contribution in [2.45, 2.75) is 63.6 Å². The van der Waals surface area contributed by atoms with Crippen LogP contribution in [0.25, 0.3) is 0 Å². The Morgan fingerprint density at radius 1 is 0.949 bits per heavy atom. The Morgan fingerprint density at radius 2 is 1.69 bits per heavy atom. The van der Waals surface area contributed by atoms with E-state index in [-0.39, 0.29) is 31.5 Å². The summed E-state index contributed by atoms with van der Waals surface area (Å²) in [5.74, 6) is -4.13. The van der Waals surface area contributed by atoms with Crippen molar-refractivity contribution in [1.29, 1.82) is 0 Å². The number of nitrogens with one attached hydrogen (secondary N) is 3. The maximum Gasteiger partial charge on any atom is 0.322 e. The van der Waals surface area contributed by atoms with Gasteiger partial charge in [0.25, 0.3) is 5.91 Å². The van der Waals surface area contributed by atoms with Crippen molar-refractivity contribution in [3.05, 3.63) is 58.3 Å². The standard InChI is InChI=1S/C28H35N3O7S/c32-24(15-21-12-7-13-39-21)30-22(14-19-8-3-1-4-9-19)27(36)31-23(26(35)28(37)29-16-25(33)34)18-38-17-20-10-5-2-6-11-20/h2,5-7,10-13,19,22-23H,1,3-4,8-9,14-18H2,(H,29,37)(H,30,32)(H,31,36)(H,33,34)/t22-,23?/m1/s1. The van der Waals surface area contributed by atoms with Gasteiger partial charge in [-0.05, 0) is 29.3 Å². The van der Waals surface area contributed by atoms with E-state index in [4.69, 9.17) is 9.84 Å². The van der Waals surface area contributed by atoms with Gasteiger partial charge in [0.2, 0.25) is 17.6 Å². The van der Waals surface area contributed by atoms with Crippen LogP contribution in [0.3, 0.4) is 0 Å². The molecule has 210 valence electrons. The van der Waals surface area contributed by atoms with Crippen LogP contribution < -0.4 is 16.0 Å². The molecule has 3 rings (SSSR count). The number of ether oxygens (including phenoxy) is 1. The number of carbonyl (C=O) groups excluding carboxylic acids is 4. The van der Waals surface area contributed by atoms with Crippen LogP contribution in [0.4, 0.5) is 0 Å². The molecule has 0 bridgehead atoms. The van der Waals surface area contributed by atoms with Gasteiger partial charge in [-0.2, -0.15) is 0 Å². The third-order valence-electron chi connectivity index (χ3n) is 6.51. The number of carboxylic acid groups (broad SMARTS) is 1. The molecule has 3 amide bonds. The molecule has 1 fully saturated rings. The monoisotopic (exact) mass is 557 g/mol. The number of rotatable bonds is 15. The van der Waals surface area contributed by atoms with E-state index in [1.807, 2.05) is 53.2 Å². The largest absolute Gasteiger partial charge is 0.480 e. The fraction of sp³-hybridized carbons (Fsp3) is 0.464. The number of hydrogen-bond donors (Lipinski definition) is 4. The SMILES string of the molecule is O=C(O)CNC(=O)C(=O)C(COCc1ccccc1)NC(=O)[C@@H](CC1CCCCC1)NC(=O)Cc1cccs1. The Bertz CT molecular complexity index is 1100. The summed E-state index contributed by atoms with van der Waals surface area (Å²) in [4.78, 5) is 63.2. The minimum Gasteiger partial charge on any atom is -0.480 e. The molecule has 1 unspecified atom stereocenters. The lowest BCUT2D eigenvalue weighted by molar-refractivity contribution is -0.143. The highest BCUT2D eigenvalue weighted by atomic mass is 32.1. The predicted octanol–water partition coefficient (Wildman–Crippen LogP) is 2.22. The van der Waals surface area contributed by atoms with Crippen molar-refractivity contribution in [3.8, 4) is 0 Å². The molecule has 4 N–H and O–H groups in total. The quantitative estimate of drug-likeness (QED) is 0.245. The lowest BCUT2D eigenvalue weighted by atomic mass is 9.84. The van der Waals surface area contributed by atoms with Crippen molar-refractivity contribution in [1.82, 2.24) is 16.0 Å². The van der Waals surface area contributed by atoms with Gasteiger partial charge in [-0.1, -0.05) is 68.5 Å². The third kappa shape index (κ3) is 10.6. The third-order valence-corrected chi connectivity index (χ3v) is 7.39. The number of Topliss-reactive ketones (excluding diaryl/α,β-unsaturated/α-hetero) is 1. The summed E-state index contributed by atoms with van der Waals surface area (Å²) in [5.41, 5.74) is 0.835. The molecule has 2 aromatic rings. The normalized spacial score (nSPS) is 15.1. The maximum absolute atomic E-state index is 13.4. The number of thiophene rings is 1. The van der Waals surface area contributed by atoms with E-state index in [2.05, 4.69) is 10.6 Å². The molecule has 11 heteroatoms. The number of amides is 3. The zero-order valence-electron chi connectivity index (χ0n) is 21.7. The number of carboxylic acids is 1. The topological polar surface area (TPSA) is 151 Å². The average molecular weight is 558 g/mol. The molecule has 10 nitrogen and oxygen atoms in total. The first kappa shape index (κ1) is 30.0. The molecule has 0 radical (unpaired) electrons. The number of aliphatic carboxylic acids is 1. The van der Waals surface area contributed by atoms with E-state index >= 15 is 0 Å². The summed E-state index contributed by atoms with van der Waals surface area (Å²) in [5, 5.41) is 18.2. The maximum atomic E-state index is 13.4. The van der Waals surface area contributed by atoms with E-state index < -0.39 is 42.2 Å². The highest BCUT2D eigenvalue weighted by Gasteiger charge is 2.32. The number of ketones is 1. The highest BCUT2D eigenvalue weighted by molar-refractivity contribution is 7.10. The molecule has 0 aliphatic heterocycles. The Hall–Kier alpha value is -3.57. The molecule has 39 heavy (non-hydrogen) atoms. The van der Waals surface area contributed by atoms with Crippen LogP contribution >= 0.6 is 11.3 Å². The second-order valence-corrected chi connectivity index (χ2v) is 10.7. The van der Waals surface area contributed by atoms with Crippen molar-refractivity contribution >= 4 is 40.8 Å². The van der Waals surface area contributed by atoms with Crippen LogP contribution in [0.5, 0.6) is 0 Å². The van der Waals surface area contributed by atoms with Crippen LogP contribution in [0, 0.1) is 5.92 Å². The van der Waals surface area contributed by atoms with Gasteiger partial charge in [-0.25, -0.2) is 0 Å². The molecule has 2 atom stereocenters. The Kier molecular flexibility index (Phi) is 12.1. The molecule has 1 saturated carbocycles. The first-order valence-electron chi connectivity index (χ1n) is 13.1. The molecule has 1 aromatic carbocycles. The number of hydrogen-bond acceptors (Lipinski definition) is 7. The van der Waals surface area contributed by atoms with Crippen molar-refractivity contribution in [3.63, 3.8) is 0 Å². The fourth-order valence-corrected chi connectivity index (χ4v) is 5.23. The van der Waals surface area contributed by atoms with Gasteiger partial charge in [0.15, 0.2) is 0 Å². The van der Waals surface area contributed by atoms with Gasteiger partial charge in [0, 0.05) is 4.88 Å². The van der Waals surface area contributed by atoms with E-state index in [1.165, 1.54) is 11.3 Å². The molecular formula is C28H35N3O7S. The van der Waals surface area contributed by atoms with Crippen molar-refractivity contribution < 1.29 is 33.8 Å². The van der Waals surface area contributed by atoms with Gasteiger partial charge in [-0.3, -0.25) is 24.0 Å². The minimum atomic E-state index is -1.36. The summed E-state index contributed by atoms with van der Waals surface area (Å²) >= 11 is 1.45. The summed E-state index contributed by atoms with van der Waals surface area (Å²) in [7, 11) is 0. The Balaban J connectivity index is 1.70. The fourth-order valence-electron chi connectivity index (χ4n) is 4.53. The molecule has 1 aliphatic carbocycles. The van der Waals surface area contributed by atoms with Crippen LogP contribution in [0.2, 0.25) is 0 Å². The van der Waals surface area contributed by atoms with Gasteiger partial charge in [0.05, 0.1) is 19.6 Å². The summed E-state index contributed by atoms with van der Waals surface area (Å²) in [6.45, 7) is -0.904. The smallest absolute Gasteiger partial charge is 0.322 e. The Morgan fingerprint density at radius 3 is 2.36 bits per heavy atom. The van der Waals surface area contributed by atoms with E-state index in [1.54, 1.807) is 0 Å². The van der Waals surface area contributed by atoms with Crippen LogP contribution in [0.15, 0.2) is 47.8 Å². The molecule has 1 heterocycles. The second-order valence-electron chi connectivity index (χ2n) is 9.62. The lowest BCUT2D eigenvalue weighted by Crippen LogP contribution is -2.56. The first-order chi connectivity index (χ1) is 18.8. The molecule has 0 saturated heterocycles. The highest BCUT2D eigenvalue weighted by Crippen LogP contribution is 2.27. The van der Waals surface area contributed by atoms with Crippen LogP contribution in [-0.2, 0) is 41.7 Å². The Labute approximate surface area is 231 Å². The first-order valence-corrected chi connectivity index (χ1v) is 14.0. The minimum absolute atomic E-state index is 0.131. The summed E-state index contributed by atoms with van der Waals surface area (Å²) < 4.78 is 5.64. The number of carbonyl (C=O) groups is 5. The van der Waals surface area contributed by atoms with Gasteiger partial charge >= 0.3 is 5.97 Å². The number of benzene rings is 1. The second kappa shape index (κ2) is 15.7. The average Bonchev–Trinajstić information content (AvgIpc) is 3.44. The van der Waals surface area contributed by atoms with E-state index in [0.717, 1.165) is 42.5 Å². The molecule has 1 aromatic heterocycles. The summed E-state index contributed by atoms with van der Waals surface area (Å²) in [6, 6.07) is 10.6. The predicted molar refractivity (Wildman–Crippen MR) is 145 cm³/mol. The molecule has 1 aliphatic rings. The van der Waals surface area contributed by atoms with Gasteiger partial charge in [0.1, 0.15) is 18.6 Å². The zero-order chi connectivity index (χ0) is 28.0. The zero-order valence-corrected chi connectivity index (χ0v) is 22.5. The van der Waals surface area contributed by atoms with Crippen molar-refractivity contribution in [2.24, 2.45) is 5.92 Å². The van der Waals surface area contributed by atoms with Crippen molar-refractivity contribution in [2.75, 3.05) is 13.2 Å². The summed E-state index contributed by atoms with van der Waals surface area (Å²) in [6.07, 6.45) is 5.69. The molecule has 0 spiro atoms. The van der Waals surface area contributed by atoms with Crippen LogP contribution in [0.1, 0.15) is 49.0 Å². The van der Waals surface area contributed by atoms with E-state index in [0.29, 0.717) is 6.42 Å². The van der Waals surface area contributed by atoms with Crippen LogP contribution in [-0.4, -0.2) is 59.8 Å².